The van der Waals surface area contributed by atoms with Gasteiger partial charge in [-0.1, -0.05) is 0 Å². The van der Waals surface area contributed by atoms with E-state index in [1.165, 1.54) is 0 Å². The topological polar surface area (TPSA) is 49.3 Å². The third kappa shape index (κ3) is 3.18. The van der Waals surface area contributed by atoms with Crippen LogP contribution in [-0.4, -0.2) is 58.9 Å². The fourth-order valence-electron chi connectivity index (χ4n) is 2.63. The lowest BCUT2D eigenvalue weighted by atomic mass is 10.2. The molecule has 0 saturated carbocycles. The molecule has 5 nitrogen and oxygen atoms in total. The molecular formula is C16H20N4OS. The molecule has 0 aliphatic carbocycles. The molecule has 2 aromatic rings. The van der Waals surface area contributed by atoms with Crippen molar-refractivity contribution in [2.24, 2.45) is 0 Å². The molecule has 1 aliphatic heterocycles. The van der Waals surface area contributed by atoms with Crippen molar-refractivity contribution in [3.63, 3.8) is 0 Å². The summed E-state index contributed by atoms with van der Waals surface area (Å²) in [7, 11) is 2.10. The number of hydrogen-bond acceptors (Lipinski definition) is 5. The molecule has 1 amide bonds. The van der Waals surface area contributed by atoms with Crippen molar-refractivity contribution in [2.75, 3.05) is 33.2 Å². The first-order valence-electron chi connectivity index (χ1n) is 7.49. The maximum Gasteiger partial charge on any atom is 0.255 e. The van der Waals surface area contributed by atoms with Crippen LogP contribution in [0.3, 0.4) is 0 Å². The van der Waals surface area contributed by atoms with Gasteiger partial charge in [-0.3, -0.25) is 9.78 Å². The summed E-state index contributed by atoms with van der Waals surface area (Å²) in [5.74, 6) is 0.0791. The van der Waals surface area contributed by atoms with E-state index in [9.17, 15) is 4.79 Å². The third-order valence-electron chi connectivity index (χ3n) is 4.00. The molecule has 2 aromatic heterocycles. The Morgan fingerprint density at radius 2 is 2.05 bits per heavy atom. The number of carbonyl (C=O) groups is 1. The molecule has 1 fully saturated rings. The van der Waals surface area contributed by atoms with Crippen molar-refractivity contribution in [2.45, 2.75) is 13.3 Å². The van der Waals surface area contributed by atoms with Gasteiger partial charge in [0.15, 0.2) is 0 Å². The summed E-state index contributed by atoms with van der Waals surface area (Å²) in [6.45, 7) is 5.55. The predicted octanol–water partition coefficient (Wildman–Crippen LogP) is 2.29. The Morgan fingerprint density at radius 1 is 1.18 bits per heavy atom. The van der Waals surface area contributed by atoms with Crippen LogP contribution >= 0.6 is 11.3 Å². The largest absolute Gasteiger partial charge is 0.337 e. The maximum absolute atomic E-state index is 12.6. The van der Waals surface area contributed by atoms with E-state index >= 15 is 0 Å². The van der Waals surface area contributed by atoms with Crippen molar-refractivity contribution in [1.82, 2.24) is 19.8 Å². The number of amides is 1. The highest BCUT2D eigenvalue weighted by molar-refractivity contribution is 7.13. The number of likely N-dealkylation sites (N-methyl/N-ethyl adjacent to an activating group) is 1. The molecule has 0 atom stereocenters. The molecular weight excluding hydrogens is 296 g/mol. The maximum atomic E-state index is 12.6. The third-order valence-corrected chi connectivity index (χ3v) is 4.95. The molecule has 0 bridgehead atoms. The van der Waals surface area contributed by atoms with Gasteiger partial charge in [0.2, 0.25) is 0 Å². The van der Waals surface area contributed by atoms with Gasteiger partial charge in [0, 0.05) is 25.8 Å². The minimum absolute atomic E-state index is 0.0791. The zero-order valence-electron chi connectivity index (χ0n) is 13.0. The molecule has 116 valence electrons. The Balaban J connectivity index is 1.75. The zero-order valence-corrected chi connectivity index (χ0v) is 13.8. The lowest BCUT2D eigenvalue weighted by molar-refractivity contribution is 0.0762. The average molecular weight is 316 g/mol. The fourth-order valence-corrected chi connectivity index (χ4v) is 3.42. The van der Waals surface area contributed by atoms with Crippen LogP contribution in [0.4, 0.5) is 0 Å². The summed E-state index contributed by atoms with van der Waals surface area (Å²) in [6.07, 6.45) is 2.71. The Labute approximate surface area is 134 Å². The van der Waals surface area contributed by atoms with Crippen LogP contribution < -0.4 is 0 Å². The second-order valence-corrected chi connectivity index (χ2v) is 6.50. The highest BCUT2D eigenvalue weighted by atomic mass is 32.1. The van der Waals surface area contributed by atoms with Crippen LogP contribution in [-0.2, 0) is 0 Å². The van der Waals surface area contributed by atoms with Crippen LogP contribution in [0.15, 0.2) is 23.8 Å². The monoisotopic (exact) mass is 316 g/mol. The molecule has 0 aromatic carbocycles. The van der Waals surface area contributed by atoms with E-state index in [4.69, 9.17) is 0 Å². The summed E-state index contributed by atoms with van der Waals surface area (Å²) < 4.78 is 0. The van der Waals surface area contributed by atoms with Crippen LogP contribution in [0.5, 0.6) is 0 Å². The van der Waals surface area contributed by atoms with Crippen LogP contribution in [0.2, 0.25) is 0 Å². The highest BCUT2D eigenvalue weighted by Crippen LogP contribution is 2.25. The van der Waals surface area contributed by atoms with Gasteiger partial charge in [-0.05, 0) is 39.1 Å². The normalized spacial score (nSPS) is 16.5. The molecule has 1 aliphatic rings. The van der Waals surface area contributed by atoms with E-state index < -0.39 is 0 Å². The quantitative estimate of drug-likeness (QED) is 0.853. The Morgan fingerprint density at radius 3 is 2.73 bits per heavy atom. The Bertz CT molecular complexity index is 652. The van der Waals surface area contributed by atoms with Crippen LogP contribution in [0.25, 0.3) is 10.6 Å². The van der Waals surface area contributed by atoms with Gasteiger partial charge in [-0.15, -0.1) is 11.3 Å². The summed E-state index contributed by atoms with van der Waals surface area (Å²) in [4.78, 5) is 26.5. The number of hydrogen-bond donors (Lipinski definition) is 0. The molecule has 0 N–H and O–H groups in total. The van der Waals surface area contributed by atoms with Gasteiger partial charge in [0.1, 0.15) is 0 Å². The first kappa shape index (κ1) is 15.1. The molecule has 1 saturated heterocycles. The van der Waals surface area contributed by atoms with Gasteiger partial charge in [0.25, 0.3) is 5.91 Å². The van der Waals surface area contributed by atoms with E-state index in [1.54, 1.807) is 17.5 Å². The molecule has 0 unspecified atom stereocenters. The van der Waals surface area contributed by atoms with E-state index in [2.05, 4.69) is 21.9 Å². The minimum Gasteiger partial charge on any atom is -0.337 e. The number of thiazole rings is 1. The average Bonchev–Trinajstić information content (AvgIpc) is 2.84. The number of pyridine rings is 1. The smallest absolute Gasteiger partial charge is 0.255 e. The van der Waals surface area contributed by atoms with E-state index in [-0.39, 0.29) is 5.91 Å². The number of aryl methyl sites for hydroxylation is 1. The Kier molecular flexibility index (Phi) is 4.49. The summed E-state index contributed by atoms with van der Waals surface area (Å²) in [6, 6.07) is 3.79. The number of rotatable bonds is 2. The summed E-state index contributed by atoms with van der Waals surface area (Å²) in [5, 5.41) is 0. The van der Waals surface area contributed by atoms with E-state index in [0.29, 0.717) is 5.56 Å². The highest BCUT2D eigenvalue weighted by Gasteiger charge is 2.19. The van der Waals surface area contributed by atoms with Gasteiger partial charge >= 0.3 is 0 Å². The zero-order chi connectivity index (χ0) is 15.5. The second kappa shape index (κ2) is 6.54. The first-order chi connectivity index (χ1) is 10.6. The number of carbonyl (C=O) groups excluding carboxylic acids is 1. The summed E-state index contributed by atoms with van der Waals surface area (Å²) in [5.41, 5.74) is 4.34. The van der Waals surface area contributed by atoms with Crippen molar-refractivity contribution < 1.29 is 4.79 Å². The van der Waals surface area contributed by atoms with Crippen molar-refractivity contribution in [1.29, 1.82) is 0 Å². The lowest BCUT2D eigenvalue weighted by Gasteiger charge is -2.20. The SMILES string of the molecule is Cc1ncsc1-c1ccc(C(=O)N2CCCN(C)CC2)cn1. The van der Waals surface area contributed by atoms with Gasteiger partial charge in [0.05, 0.1) is 27.3 Å². The van der Waals surface area contributed by atoms with Crippen LogP contribution in [0, 0.1) is 6.92 Å². The first-order valence-corrected chi connectivity index (χ1v) is 8.37. The number of aromatic nitrogens is 2. The van der Waals surface area contributed by atoms with Crippen molar-refractivity contribution in [3.05, 3.63) is 35.1 Å². The molecule has 6 heteroatoms. The van der Waals surface area contributed by atoms with E-state index in [1.807, 2.05) is 29.5 Å². The molecule has 22 heavy (non-hydrogen) atoms. The second-order valence-electron chi connectivity index (χ2n) is 5.65. The number of nitrogens with zero attached hydrogens (tertiary/aromatic N) is 4. The Hall–Kier alpha value is -1.79. The van der Waals surface area contributed by atoms with Crippen molar-refractivity contribution >= 4 is 17.2 Å². The van der Waals surface area contributed by atoms with Gasteiger partial charge in [-0.2, -0.15) is 0 Å². The van der Waals surface area contributed by atoms with Crippen LogP contribution in [0.1, 0.15) is 22.5 Å². The predicted molar refractivity (Wildman–Crippen MR) is 88.1 cm³/mol. The summed E-state index contributed by atoms with van der Waals surface area (Å²) >= 11 is 1.57. The van der Waals surface area contributed by atoms with E-state index in [0.717, 1.165) is 48.9 Å². The molecule has 3 rings (SSSR count). The fraction of sp³-hybridized carbons (Fsp3) is 0.438. The molecule has 3 heterocycles. The lowest BCUT2D eigenvalue weighted by Crippen LogP contribution is -2.34. The standard InChI is InChI=1S/C16H20N4OS/c1-12-15(22-11-18-12)14-5-4-13(10-17-14)16(21)20-7-3-6-19(2)8-9-20/h4-5,10-11H,3,6-9H2,1-2H3. The minimum atomic E-state index is 0.0791. The molecule has 0 radical (unpaired) electrons. The van der Waals surface area contributed by atoms with Gasteiger partial charge in [-0.25, -0.2) is 4.98 Å². The van der Waals surface area contributed by atoms with Gasteiger partial charge < -0.3 is 9.80 Å². The molecule has 0 spiro atoms. The van der Waals surface area contributed by atoms with Crippen molar-refractivity contribution in [3.8, 4) is 10.6 Å².